The maximum atomic E-state index is 10.4. The first-order valence-corrected chi connectivity index (χ1v) is 4.48. The molecule has 0 aromatic heterocycles. The van der Waals surface area contributed by atoms with E-state index in [0.717, 1.165) is 0 Å². The summed E-state index contributed by atoms with van der Waals surface area (Å²) >= 11 is 0. The molecule has 0 aromatic rings. The Labute approximate surface area is 172 Å². The van der Waals surface area contributed by atoms with Crippen LogP contribution in [-0.2, 0) is 22.5 Å². The van der Waals surface area contributed by atoms with Gasteiger partial charge < -0.3 is 5.11 Å². The average Bonchev–Trinajstić information content (AvgIpc) is 1.85. The van der Waals surface area contributed by atoms with Gasteiger partial charge in [-0.15, -0.1) is 0 Å². The number of rotatable bonds is 1. The molecule has 1 aliphatic heterocycles. The van der Waals surface area contributed by atoms with Crippen LogP contribution in [-0.4, -0.2) is 136 Å². The van der Waals surface area contributed by atoms with E-state index in [4.69, 9.17) is 5.11 Å². The third-order valence-corrected chi connectivity index (χ3v) is 2.57. The summed E-state index contributed by atoms with van der Waals surface area (Å²) in [6, 6.07) is 0. The van der Waals surface area contributed by atoms with E-state index in [2.05, 4.69) is 13.4 Å². The zero-order chi connectivity index (χ0) is 7.56. The summed E-state index contributed by atoms with van der Waals surface area (Å²) in [7, 11) is -4.79. The minimum absolute atomic E-state index is 0. The fraction of sp³-hybridized carbons (Fsp3) is 1.00. The first kappa shape index (κ1) is 26.6. The monoisotopic (exact) mass is 278 g/mol. The molecule has 4 radical (unpaired) electrons. The quantitative estimate of drug-likeness (QED) is 0.497. The number of hydrogen-bond donors (Lipinski definition) is 1. The minimum atomic E-state index is -2.39. The van der Waals surface area contributed by atoms with Crippen molar-refractivity contribution in [2.75, 3.05) is 6.61 Å². The van der Waals surface area contributed by atoms with Crippen molar-refractivity contribution in [3.63, 3.8) is 0 Å². The molecule has 0 saturated carbocycles. The Balaban J connectivity index is -0.000000125. The summed E-state index contributed by atoms with van der Waals surface area (Å²) in [4.78, 5) is 0. The fourth-order valence-corrected chi connectivity index (χ4v) is 1.79. The molecule has 1 heterocycles. The van der Waals surface area contributed by atoms with E-state index >= 15 is 0 Å². The van der Waals surface area contributed by atoms with Crippen LogP contribution in [0.15, 0.2) is 0 Å². The molecule has 0 aliphatic carbocycles. The fourth-order valence-electron chi connectivity index (χ4n) is 0.371. The number of hydrogen-bond acceptors (Lipinski definition) is 6. The predicted octanol–water partition coefficient (Wildman–Crippen LogP) is -0.840. The SMILES string of the molecule is O=[P+]1OC(CO)O[P+](=O)O1.[Na].[Na].[Na].[Na]. The van der Waals surface area contributed by atoms with Crippen LogP contribution in [0.5, 0.6) is 0 Å². The van der Waals surface area contributed by atoms with E-state index < -0.39 is 29.4 Å². The summed E-state index contributed by atoms with van der Waals surface area (Å²) in [5, 5.41) is 8.36. The van der Waals surface area contributed by atoms with Crippen molar-refractivity contribution in [2.45, 2.75) is 6.29 Å². The van der Waals surface area contributed by atoms with E-state index in [-0.39, 0.29) is 118 Å². The first-order valence-electron chi connectivity index (χ1n) is 2.29. The van der Waals surface area contributed by atoms with E-state index in [9.17, 15) is 9.13 Å². The molecule has 1 aliphatic rings. The number of aliphatic hydroxyl groups is 1. The maximum absolute atomic E-state index is 10.4. The second kappa shape index (κ2) is 15.1. The zero-order valence-electron chi connectivity index (χ0n) is 8.67. The van der Waals surface area contributed by atoms with Gasteiger partial charge in [0, 0.05) is 127 Å². The van der Waals surface area contributed by atoms with Crippen LogP contribution >= 0.6 is 16.5 Å². The van der Waals surface area contributed by atoms with Crippen molar-refractivity contribution >= 4 is 135 Å². The predicted molar refractivity (Wildman–Crippen MR) is 52.4 cm³/mol. The van der Waals surface area contributed by atoms with E-state index in [1.165, 1.54) is 0 Å². The summed E-state index contributed by atoms with van der Waals surface area (Å²) < 4.78 is 33.5. The molecule has 0 bridgehead atoms. The standard InChI is InChI=1S/C2H4O6P2.4Na/c3-1-2-6-9(4)8-10(5)7-2;;;;/h2-3H,1H2;;;;/q+2;;;;. The molecule has 0 spiro atoms. The normalized spacial score (nSPS) is 24.5. The third-order valence-electron chi connectivity index (χ3n) is 0.690. The van der Waals surface area contributed by atoms with Crippen molar-refractivity contribution in [2.24, 2.45) is 0 Å². The minimum Gasteiger partial charge on any atom is -0.391 e. The maximum Gasteiger partial charge on any atom is 0.750 e. The van der Waals surface area contributed by atoms with Gasteiger partial charge in [0.25, 0.3) is 6.29 Å². The molecule has 1 N–H and O–H groups in total. The van der Waals surface area contributed by atoms with Gasteiger partial charge in [-0.1, -0.05) is 9.05 Å². The largest absolute Gasteiger partial charge is 0.750 e. The summed E-state index contributed by atoms with van der Waals surface area (Å²) in [6.45, 7) is -0.495. The van der Waals surface area contributed by atoms with E-state index in [1.54, 1.807) is 0 Å². The molecule has 12 heteroatoms. The topological polar surface area (TPSA) is 82.1 Å². The molecule has 14 heavy (non-hydrogen) atoms. The molecule has 2 atom stereocenters. The van der Waals surface area contributed by atoms with Crippen LogP contribution in [0.2, 0.25) is 0 Å². The van der Waals surface area contributed by atoms with Gasteiger partial charge in [-0.25, -0.2) is 0 Å². The Morgan fingerprint density at radius 1 is 1.00 bits per heavy atom. The average molecular weight is 278 g/mol. The Morgan fingerprint density at radius 2 is 1.36 bits per heavy atom. The van der Waals surface area contributed by atoms with Crippen LogP contribution in [0.4, 0.5) is 0 Å². The Kier molecular flexibility index (Phi) is 28.7. The van der Waals surface area contributed by atoms with Crippen LogP contribution in [0.1, 0.15) is 0 Å². The molecular weight excluding hydrogens is 274 g/mol. The molecule has 0 amide bonds. The molecule has 0 aromatic carbocycles. The van der Waals surface area contributed by atoms with Gasteiger partial charge >= 0.3 is 16.5 Å². The van der Waals surface area contributed by atoms with Crippen molar-refractivity contribution < 1.29 is 27.6 Å². The molecule has 2 unspecified atom stereocenters. The molecule has 6 nitrogen and oxygen atoms in total. The third kappa shape index (κ3) is 11.1. The molecular formula is C2H4Na4O6P2+2. The Bertz CT molecular complexity index is 163. The van der Waals surface area contributed by atoms with Gasteiger partial charge in [0.1, 0.15) is 6.61 Å². The summed E-state index contributed by atoms with van der Waals surface area (Å²) in [5.41, 5.74) is 0. The van der Waals surface area contributed by atoms with Crippen LogP contribution < -0.4 is 0 Å². The van der Waals surface area contributed by atoms with Crippen LogP contribution in [0, 0.1) is 0 Å². The van der Waals surface area contributed by atoms with Crippen LogP contribution in [0.3, 0.4) is 0 Å². The van der Waals surface area contributed by atoms with Crippen molar-refractivity contribution in [1.29, 1.82) is 0 Å². The Hall–Kier alpha value is 4.04. The summed E-state index contributed by atoms with van der Waals surface area (Å²) in [5.74, 6) is 0. The van der Waals surface area contributed by atoms with Crippen molar-refractivity contribution in [3.8, 4) is 0 Å². The number of aliphatic hydroxyl groups excluding tert-OH is 1. The second-order valence-corrected chi connectivity index (χ2v) is 3.32. The smallest absolute Gasteiger partial charge is 0.391 e. The van der Waals surface area contributed by atoms with Gasteiger partial charge in [-0.3, -0.25) is 0 Å². The Morgan fingerprint density at radius 3 is 1.64 bits per heavy atom. The van der Waals surface area contributed by atoms with Gasteiger partial charge in [0.2, 0.25) is 0 Å². The molecule has 60 valence electrons. The van der Waals surface area contributed by atoms with Crippen molar-refractivity contribution in [3.05, 3.63) is 0 Å². The van der Waals surface area contributed by atoms with Gasteiger partial charge in [0.15, 0.2) is 4.31 Å². The first-order chi connectivity index (χ1) is 4.72. The molecule has 1 rings (SSSR count). The van der Waals surface area contributed by atoms with Gasteiger partial charge in [-0.05, 0) is 0 Å². The van der Waals surface area contributed by atoms with Gasteiger partial charge in [-0.2, -0.15) is 0 Å². The van der Waals surface area contributed by atoms with E-state index in [1.807, 2.05) is 0 Å². The molecule has 1 saturated heterocycles. The second-order valence-electron chi connectivity index (χ2n) is 1.35. The molecule has 1 fully saturated rings. The van der Waals surface area contributed by atoms with Crippen molar-refractivity contribution in [1.82, 2.24) is 0 Å². The van der Waals surface area contributed by atoms with Crippen LogP contribution in [0.25, 0.3) is 0 Å². The van der Waals surface area contributed by atoms with E-state index in [0.29, 0.717) is 0 Å². The zero-order valence-corrected chi connectivity index (χ0v) is 18.5. The summed E-state index contributed by atoms with van der Waals surface area (Å²) in [6.07, 6.45) is -1.10. The van der Waals surface area contributed by atoms with Gasteiger partial charge in [0.05, 0.1) is 0 Å².